The summed E-state index contributed by atoms with van der Waals surface area (Å²) in [7, 11) is -2.30. The fraction of sp³-hybridized carbons (Fsp3) is 0.500. The van der Waals surface area contributed by atoms with Gasteiger partial charge in [-0.25, -0.2) is 12.7 Å². The molecule has 0 aliphatic heterocycles. The fourth-order valence-electron chi connectivity index (χ4n) is 1.76. The van der Waals surface area contributed by atoms with Gasteiger partial charge in [-0.3, -0.25) is 10.1 Å². The third-order valence-electron chi connectivity index (χ3n) is 3.20. The quantitative estimate of drug-likeness (QED) is 0.627. The summed E-state index contributed by atoms with van der Waals surface area (Å²) in [6.45, 7) is 3.91. The van der Waals surface area contributed by atoms with Crippen LogP contribution in [0.15, 0.2) is 17.0 Å². The van der Waals surface area contributed by atoms with Crippen LogP contribution >= 0.6 is 0 Å². The number of aryl methyl sites for hydroxylation is 1. The molecule has 0 amide bonds. The molecular formula is C12H19N3O4S. The molecule has 7 nitrogen and oxygen atoms in total. The first-order chi connectivity index (χ1) is 9.21. The van der Waals surface area contributed by atoms with Crippen molar-refractivity contribution in [2.75, 3.05) is 20.1 Å². The minimum atomic E-state index is -3.73. The van der Waals surface area contributed by atoms with E-state index in [1.54, 1.807) is 13.8 Å². The van der Waals surface area contributed by atoms with Crippen LogP contribution in [0.3, 0.4) is 0 Å². The monoisotopic (exact) mass is 301 g/mol. The van der Waals surface area contributed by atoms with Crippen molar-refractivity contribution >= 4 is 15.7 Å². The highest BCUT2D eigenvalue weighted by molar-refractivity contribution is 7.89. The van der Waals surface area contributed by atoms with E-state index in [1.807, 2.05) is 0 Å². The maximum atomic E-state index is 12.3. The number of hydrogen-bond acceptors (Lipinski definition) is 5. The number of nitrogens with zero attached hydrogens (tertiary/aromatic N) is 2. The zero-order chi connectivity index (χ0) is 15.5. The summed E-state index contributed by atoms with van der Waals surface area (Å²) in [6, 6.07) is 2.56. The Morgan fingerprint density at radius 3 is 2.45 bits per heavy atom. The van der Waals surface area contributed by atoms with Gasteiger partial charge in [0.05, 0.1) is 9.82 Å². The third kappa shape index (κ3) is 3.33. The second-order valence-corrected chi connectivity index (χ2v) is 6.66. The number of nitrogens with two attached hydrogens (primary N) is 1. The van der Waals surface area contributed by atoms with E-state index in [2.05, 4.69) is 0 Å². The van der Waals surface area contributed by atoms with Crippen LogP contribution in [0.1, 0.15) is 17.5 Å². The summed E-state index contributed by atoms with van der Waals surface area (Å²) < 4.78 is 25.8. The lowest BCUT2D eigenvalue weighted by Crippen LogP contribution is -2.29. The van der Waals surface area contributed by atoms with Crippen molar-refractivity contribution in [2.24, 2.45) is 5.73 Å². The Bertz CT molecular complexity index is 613. The lowest BCUT2D eigenvalue weighted by molar-refractivity contribution is -0.385. The van der Waals surface area contributed by atoms with Gasteiger partial charge in [-0.1, -0.05) is 0 Å². The van der Waals surface area contributed by atoms with Crippen LogP contribution in [0.2, 0.25) is 0 Å². The molecule has 112 valence electrons. The lowest BCUT2D eigenvalue weighted by atomic mass is 10.1. The molecule has 0 bridgehead atoms. The van der Waals surface area contributed by atoms with Crippen LogP contribution in [-0.4, -0.2) is 37.8 Å². The molecule has 1 aromatic rings. The van der Waals surface area contributed by atoms with Gasteiger partial charge in [-0.2, -0.15) is 0 Å². The molecule has 0 spiro atoms. The second-order valence-electron chi connectivity index (χ2n) is 4.61. The molecule has 0 aromatic heterocycles. The summed E-state index contributed by atoms with van der Waals surface area (Å²) in [5.74, 6) is 0. The van der Waals surface area contributed by atoms with E-state index in [0.717, 1.165) is 10.4 Å². The second kappa shape index (κ2) is 6.29. The van der Waals surface area contributed by atoms with Crippen molar-refractivity contribution in [3.8, 4) is 0 Å². The van der Waals surface area contributed by atoms with Gasteiger partial charge in [-0.05, 0) is 38.4 Å². The number of rotatable bonds is 6. The number of nitro groups is 1. The lowest BCUT2D eigenvalue weighted by Gasteiger charge is -2.17. The van der Waals surface area contributed by atoms with E-state index in [0.29, 0.717) is 24.1 Å². The van der Waals surface area contributed by atoms with Crippen LogP contribution in [0.5, 0.6) is 0 Å². The third-order valence-corrected chi connectivity index (χ3v) is 5.03. The van der Waals surface area contributed by atoms with Crippen molar-refractivity contribution < 1.29 is 13.3 Å². The fourth-order valence-corrected chi connectivity index (χ4v) is 3.08. The van der Waals surface area contributed by atoms with Gasteiger partial charge in [0.15, 0.2) is 0 Å². The molecule has 2 N–H and O–H groups in total. The van der Waals surface area contributed by atoms with Crippen LogP contribution in [0.4, 0.5) is 5.69 Å². The smallest absolute Gasteiger partial charge is 0.273 e. The van der Waals surface area contributed by atoms with Crippen molar-refractivity contribution in [3.05, 3.63) is 33.4 Å². The predicted molar refractivity (Wildman–Crippen MR) is 76.1 cm³/mol. The topological polar surface area (TPSA) is 107 Å². The van der Waals surface area contributed by atoms with Crippen LogP contribution in [-0.2, 0) is 10.0 Å². The highest BCUT2D eigenvalue weighted by Crippen LogP contribution is 2.27. The molecular weight excluding hydrogens is 282 g/mol. The van der Waals surface area contributed by atoms with E-state index < -0.39 is 14.9 Å². The minimum absolute atomic E-state index is 0.0631. The number of benzene rings is 1. The first-order valence-electron chi connectivity index (χ1n) is 6.14. The van der Waals surface area contributed by atoms with E-state index in [1.165, 1.54) is 13.1 Å². The molecule has 20 heavy (non-hydrogen) atoms. The molecule has 0 radical (unpaired) electrons. The Labute approximate surface area is 118 Å². The van der Waals surface area contributed by atoms with E-state index in [4.69, 9.17) is 5.73 Å². The molecule has 0 atom stereocenters. The first kappa shape index (κ1) is 16.5. The Morgan fingerprint density at radius 1 is 1.35 bits per heavy atom. The summed E-state index contributed by atoms with van der Waals surface area (Å²) >= 11 is 0. The average Bonchev–Trinajstić information content (AvgIpc) is 2.38. The molecule has 0 aliphatic carbocycles. The van der Waals surface area contributed by atoms with Crippen LogP contribution < -0.4 is 5.73 Å². The molecule has 0 saturated carbocycles. The van der Waals surface area contributed by atoms with E-state index >= 15 is 0 Å². The van der Waals surface area contributed by atoms with Gasteiger partial charge in [0, 0.05) is 25.2 Å². The Hall–Kier alpha value is -1.51. The SMILES string of the molecule is Cc1cc(S(=O)(=O)N(C)CCCN)cc([N+](=O)[O-])c1C. The maximum absolute atomic E-state index is 12.3. The number of nitro benzene ring substituents is 1. The number of sulfonamides is 1. The van der Waals surface area contributed by atoms with E-state index in [-0.39, 0.29) is 17.1 Å². The van der Waals surface area contributed by atoms with Crippen molar-refractivity contribution in [1.29, 1.82) is 0 Å². The Kier molecular flexibility index (Phi) is 5.21. The number of hydrogen-bond donors (Lipinski definition) is 1. The molecule has 0 aliphatic rings. The normalized spacial score (nSPS) is 11.8. The summed E-state index contributed by atoms with van der Waals surface area (Å²) in [6.07, 6.45) is 0.530. The Balaban J connectivity index is 3.29. The van der Waals surface area contributed by atoms with E-state index in [9.17, 15) is 18.5 Å². The molecule has 8 heteroatoms. The molecule has 0 heterocycles. The van der Waals surface area contributed by atoms with Gasteiger partial charge >= 0.3 is 0 Å². The van der Waals surface area contributed by atoms with Crippen LogP contribution in [0.25, 0.3) is 0 Å². The minimum Gasteiger partial charge on any atom is -0.330 e. The predicted octanol–water partition coefficient (Wildman–Crippen LogP) is 1.18. The molecule has 1 aromatic carbocycles. The van der Waals surface area contributed by atoms with Crippen molar-refractivity contribution in [3.63, 3.8) is 0 Å². The summed E-state index contributed by atoms with van der Waals surface area (Å²) in [5.41, 5.74) is 6.22. The zero-order valence-electron chi connectivity index (χ0n) is 11.8. The van der Waals surface area contributed by atoms with Crippen molar-refractivity contribution in [1.82, 2.24) is 4.31 Å². The molecule has 1 rings (SSSR count). The highest BCUT2D eigenvalue weighted by atomic mass is 32.2. The maximum Gasteiger partial charge on any atom is 0.273 e. The molecule has 0 unspecified atom stereocenters. The highest BCUT2D eigenvalue weighted by Gasteiger charge is 2.25. The van der Waals surface area contributed by atoms with Gasteiger partial charge in [-0.15, -0.1) is 0 Å². The van der Waals surface area contributed by atoms with Gasteiger partial charge in [0.2, 0.25) is 10.0 Å². The van der Waals surface area contributed by atoms with Gasteiger partial charge < -0.3 is 5.73 Å². The van der Waals surface area contributed by atoms with Gasteiger partial charge in [0.1, 0.15) is 0 Å². The average molecular weight is 301 g/mol. The molecule has 0 fully saturated rings. The van der Waals surface area contributed by atoms with Gasteiger partial charge in [0.25, 0.3) is 5.69 Å². The first-order valence-corrected chi connectivity index (χ1v) is 7.58. The summed E-state index contributed by atoms with van der Waals surface area (Å²) in [5, 5.41) is 11.0. The largest absolute Gasteiger partial charge is 0.330 e. The molecule has 0 saturated heterocycles. The van der Waals surface area contributed by atoms with Crippen molar-refractivity contribution in [2.45, 2.75) is 25.2 Å². The van der Waals surface area contributed by atoms with Crippen LogP contribution in [0, 0.1) is 24.0 Å². The summed E-state index contributed by atoms with van der Waals surface area (Å²) in [4.78, 5) is 10.3. The zero-order valence-corrected chi connectivity index (χ0v) is 12.6. The standard InChI is InChI=1S/C12H19N3O4S/c1-9-7-11(8-12(10(9)2)15(16)17)20(18,19)14(3)6-4-5-13/h7-8H,4-6,13H2,1-3H3. The Morgan fingerprint density at radius 2 is 1.95 bits per heavy atom.